The van der Waals surface area contributed by atoms with Gasteiger partial charge in [0.05, 0.1) is 17.3 Å². The molecule has 0 heterocycles. The van der Waals surface area contributed by atoms with E-state index in [-0.39, 0.29) is 11.5 Å². The summed E-state index contributed by atoms with van der Waals surface area (Å²) in [7, 11) is 0. The monoisotopic (exact) mass is 495 g/mol. The van der Waals surface area contributed by atoms with Crippen LogP contribution < -0.4 is 5.32 Å². The first-order chi connectivity index (χ1) is 15.7. The number of hydrogen-bond donors (Lipinski definition) is 1. The molecule has 0 bridgehead atoms. The summed E-state index contributed by atoms with van der Waals surface area (Å²) < 4.78 is 46.2. The fraction of sp³-hybridized carbons (Fsp3) is 0.462. The Hall–Kier alpha value is -2.54. The van der Waals surface area contributed by atoms with Gasteiger partial charge in [0.1, 0.15) is 5.60 Å². The second-order valence-corrected chi connectivity index (χ2v) is 10.4. The van der Waals surface area contributed by atoms with Gasteiger partial charge in [-0.05, 0) is 75.4 Å². The number of anilines is 1. The van der Waals surface area contributed by atoms with E-state index >= 15 is 0 Å². The predicted octanol–water partition coefficient (Wildman–Crippen LogP) is 6.93. The highest BCUT2D eigenvalue weighted by molar-refractivity contribution is 6.30. The highest BCUT2D eigenvalue weighted by Gasteiger charge is 2.52. The molecule has 184 valence electrons. The largest absolute Gasteiger partial charge is 0.460 e. The van der Waals surface area contributed by atoms with E-state index in [1.807, 2.05) is 26.8 Å². The van der Waals surface area contributed by atoms with E-state index in [0.717, 1.165) is 12.5 Å². The summed E-state index contributed by atoms with van der Waals surface area (Å²) in [6.45, 7) is 6.44. The minimum absolute atomic E-state index is 0.227. The van der Waals surface area contributed by atoms with E-state index in [0.29, 0.717) is 30.0 Å². The molecule has 1 aliphatic carbocycles. The highest BCUT2D eigenvalue weighted by atomic mass is 35.5. The molecule has 1 amide bonds. The topological polar surface area (TPSA) is 55.4 Å². The zero-order valence-corrected chi connectivity index (χ0v) is 20.4. The van der Waals surface area contributed by atoms with Crippen LogP contribution in [-0.2, 0) is 20.7 Å². The third-order valence-corrected chi connectivity index (χ3v) is 6.20. The van der Waals surface area contributed by atoms with E-state index in [9.17, 15) is 22.8 Å². The minimum atomic E-state index is -4.56. The van der Waals surface area contributed by atoms with Gasteiger partial charge in [0.2, 0.25) is 5.91 Å². The van der Waals surface area contributed by atoms with Crippen molar-refractivity contribution in [3.8, 4) is 0 Å². The number of carbonyl (C=O) groups excluding carboxylic acids is 2. The SMILES string of the molecule is CC(C(C(=O)Nc1cccc(CC2(C(=O)OC(C)(C)C)CC2)c1)c1ccc(Cl)cc1)C(F)(F)F. The number of halogens is 4. The summed E-state index contributed by atoms with van der Waals surface area (Å²) >= 11 is 5.87. The van der Waals surface area contributed by atoms with E-state index in [2.05, 4.69) is 5.32 Å². The fourth-order valence-electron chi connectivity index (χ4n) is 3.89. The first-order valence-corrected chi connectivity index (χ1v) is 11.5. The Kier molecular flexibility index (Phi) is 7.37. The lowest BCUT2D eigenvalue weighted by Gasteiger charge is -2.26. The van der Waals surface area contributed by atoms with Crippen LogP contribution in [0, 0.1) is 11.3 Å². The molecular formula is C26H29ClF3NO3. The summed E-state index contributed by atoms with van der Waals surface area (Å²) in [5, 5.41) is 3.00. The zero-order chi connectivity index (χ0) is 25.3. The van der Waals surface area contributed by atoms with Gasteiger partial charge < -0.3 is 10.1 Å². The van der Waals surface area contributed by atoms with Crippen LogP contribution in [0.2, 0.25) is 5.02 Å². The number of rotatable bonds is 7. The van der Waals surface area contributed by atoms with Gasteiger partial charge in [-0.3, -0.25) is 9.59 Å². The molecule has 4 nitrogen and oxygen atoms in total. The second-order valence-electron chi connectivity index (χ2n) is 10.0. The van der Waals surface area contributed by atoms with E-state index < -0.39 is 34.9 Å². The molecule has 2 unspecified atom stereocenters. The van der Waals surface area contributed by atoms with Crippen molar-refractivity contribution in [2.45, 2.75) is 64.7 Å². The number of amides is 1. The van der Waals surface area contributed by atoms with Crippen molar-refractivity contribution in [2.24, 2.45) is 11.3 Å². The number of ether oxygens (including phenoxy) is 1. The van der Waals surface area contributed by atoms with Gasteiger partial charge in [0.25, 0.3) is 0 Å². The van der Waals surface area contributed by atoms with E-state index in [1.54, 1.807) is 18.2 Å². The first kappa shape index (κ1) is 26.1. The van der Waals surface area contributed by atoms with Crippen LogP contribution in [0.15, 0.2) is 48.5 Å². The van der Waals surface area contributed by atoms with Gasteiger partial charge in [0.15, 0.2) is 0 Å². The molecule has 0 spiro atoms. The maximum absolute atomic E-state index is 13.6. The summed E-state index contributed by atoms with van der Waals surface area (Å²) in [6, 6.07) is 12.6. The lowest BCUT2D eigenvalue weighted by atomic mass is 9.85. The van der Waals surface area contributed by atoms with Crippen molar-refractivity contribution in [3.05, 3.63) is 64.7 Å². The molecule has 0 aromatic heterocycles. The van der Waals surface area contributed by atoms with Crippen LogP contribution in [-0.4, -0.2) is 23.7 Å². The molecule has 0 aliphatic heterocycles. The van der Waals surface area contributed by atoms with E-state index in [4.69, 9.17) is 16.3 Å². The molecule has 1 saturated carbocycles. The molecular weight excluding hydrogens is 467 g/mol. The molecule has 34 heavy (non-hydrogen) atoms. The Labute approximate surface area is 202 Å². The predicted molar refractivity (Wildman–Crippen MR) is 126 cm³/mol. The summed E-state index contributed by atoms with van der Waals surface area (Å²) in [6.07, 6.45) is -2.71. The molecule has 1 aliphatic rings. The zero-order valence-electron chi connectivity index (χ0n) is 19.6. The standard InChI is InChI=1S/C26H29ClF3NO3/c1-16(26(28,29)30)21(18-8-10-19(27)11-9-18)22(32)31-20-7-5-6-17(14-20)15-25(12-13-25)23(33)34-24(2,3)4/h5-11,14,16,21H,12-13,15H2,1-4H3,(H,31,32). The molecule has 1 N–H and O–H groups in total. The number of hydrogen-bond acceptors (Lipinski definition) is 3. The minimum Gasteiger partial charge on any atom is -0.460 e. The Balaban J connectivity index is 1.79. The van der Waals surface area contributed by atoms with Gasteiger partial charge in [-0.25, -0.2) is 0 Å². The molecule has 0 saturated heterocycles. The van der Waals surface area contributed by atoms with E-state index in [1.165, 1.54) is 24.3 Å². The van der Waals surface area contributed by atoms with Gasteiger partial charge in [0, 0.05) is 10.7 Å². The van der Waals surface area contributed by atoms with Crippen molar-refractivity contribution in [1.82, 2.24) is 0 Å². The average Bonchev–Trinajstić information content (AvgIpc) is 3.48. The third kappa shape index (κ3) is 6.53. The Morgan fingerprint density at radius 2 is 1.71 bits per heavy atom. The van der Waals surface area contributed by atoms with Crippen LogP contribution >= 0.6 is 11.6 Å². The van der Waals surface area contributed by atoms with Crippen LogP contribution in [0.4, 0.5) is 18.9 Å². The fourth-order valence-corrected chi connectivity index (χ4v) is 4.01. The normalized spacial score (nSPS) is 16.9. The van der Waals surface area contributed by atoms with Crippen molar-refractivity contribution in [1.29, 1.82) is 0 Å². The Morgan fingerprint density at radius 1 is 1.09 bits per heavy atom. The average molecular weight is 496 g/mol. The number of benzene rings is 2. The lowest BCUT2D eigenvalue weighted by molar-refractivity contribution is -0.178. The molecule has 3 rings (SSSR count). The second kappa shape index (κ2) is 9.61. The van der Waals surface area contributed by atoms with Crippen molar-refractivity contribution >= 4 is 29.2 Å². The van der Waals surface area contributed by atoms with Crippen molar-refractivity contribution < 1.29 is 27.5 Å². The lowest BCUT2D eigenvalue weighted by Crippen LogP contribution is -2.34. The first-order valence-electron chi connectivity index (χ1n) is 11.2. The molecule has 2 atom stereocenters. The maximum Gasteiger partial charge on any atom is 0.392 e. The van der Waals surface area contributed by atoms with Crippen molar-refractivity contribution in [2.75, 3.05) is 5.32 Å². The van der Waals surface area contributed by atoms with Crippen LogP contribution in [0.1, 0.15) is 57.6 Å². The third-order valence-electron chi connectivity index (χ3n) is 5.95. The van der Waals surface area contributed by atoms with Crippen LogP contribution in [0.25, 0.3) is 0 Å². The van der Waals surface area contributed by atoms with Crippen molar-refractivity contribution in [3.63, 3.8) is 0 Å². The summed E-state index contributed by atoms with van der Waals surface area (Å²) in [4.78, 5) is 25.7. The smallest absolute Gasteiger partial charge is 0.392 e. The van der Waals surface area contributed by atoms with Gasteiger partial charge in [-0.15, -0.1) is 0 Å². The van der Waals surface area contributed by atoms with Gasteiger partial charge in [-0.2, -0.15) is 13.2 Å². The summed E-state index contributed by atoms with van der Waals surface area (Å²) in [5.41, 5.74) is 0.217. The molecule has 8 heteroatoms. The molecule has 2 aromatic carbocycles. The Bertz CT molecular complexity index is 1040. The maximum atomic E-state index is 13.6. The number of carbonyl (C=O) groups is 2. The quantitative estimate of drug-likeness (QED) is 0.424. The van der Waals surface area contributed by atoms with Gasteiger partial charge in [-0.1, -0.05) is 42.8 Å². The molecule has 1 fully saturated rings. The highest BCUT2D eigenvalue weighted by Crippen LogP contribution is 2.50. The van der Waals surface area contributed by atoms with Crippen LogP contribution in [0.3, 0.4) is 0 Å². The summed E-state index contributed by atoms with van der Waals surface area (Å²) in [5.74, 6) is -4.37. The van der Waals surface area contributed by atoms with Gasteiger partial charge >= 0.3 is 12.1 Å². The number of nitrogens with one attached hydrogen (secondary N) is 1. The molecule has 2 aromatic rings. The van der Waals surface area contributed by atoms with Crippen LogP contribution in [0.5, 0.6) is 0 Å². The molecule has 0 radical (unpaired) electrons. The number of esters is 1. The number of alkyl halides is 3. The Morgan fingerprint density at radius 3 is 2.24 bits per heavy atom.